The first-order valence-corrected chi connectivity index (χ1v) is 9.43. The van der Waals surface area contributed by atoms with Crippen molar-refractivity contribution in [2.75, 3.05) is 34.2 Å². The minimum Gasteiger partial charge on any atom is -1.00 e. The fourth-order valence-electron chi connectivity index (χ4n) is 2.02. The summed E-state index contributed by atoms with van der Waals surface area (Å²) in [5.74, 6) is 0. The number of thiophene rings is 1. The van der Waals surface area contributed by atoms with Crippen molar-refractivity contribution in [3.8, 4) is 0 Å². The van der Waals surface area contributed by atoms with E-state index in [2.05, 4.69) is 25.5 Å². The molecule has 0 radical (unpaired) electrons. The van der Waals surface area contributed by atoms with Crippen molar-refractivity contribution in [1.82, 2.24) is 0 Å². The van der Waals surface area contributed by atoms with Gasteiger partial charge >= 0.3 is 0 Å². The van der Waals surface area contributed by atoms with Crippen LogP contribution in [-0.4, -0.2) is 42.9 Å². The van der Waals surface area contributed by atoms with Crippen molar-refractivity contribution in [2.24, 2.45) is 4.36 Å². The average molecular weight is 450 g/mol. The molecule has 0 N–H and O–H groups in total. The van der Waals surface area contributed by atoms with E-state index in [0.717, 1.165) is 26.6 Å². The van der Waals surface area contributed by atoms with E-state index >= 15 is 0 Å². The van der Waals surface area contributed by atoms with Gasteiger partial charge in [0.2, 0.25) is 0 Å². The van der Waals surface area contributed by atoms with Gasteiger partial charge in [-0.05, 0) is 23.6 Å². The van der Waals surface area contributed by atoms with Crippen LogP contribution in [0.4, 0.5) is 0 Å². The van der Waals surface area contributed by atoms with Gasteiger partial charge in [0.1, 0.15) is 13.9 Å². The molecule has 0 aliphatic heterocycles. The van der Waals surface area contributed by atoms with Gasteiger partial charge in [-0.25, -0.2) is 8.57 Å². The zero-order valence-electron chi connectivity index (χ0n) is 13.2. The van der Waals surface area contributed by atoms with Gasteiger partial charge in [0.25, 0.3) is 0 Å². The molecule has 1 unspecified atom stereocenters. The van der Waals surface area contributed by atoms with Crippen LogP contribution in [0.3, 0.4) is 0 Å². The highest BCUT2D eigenvalue weighted by molar-refractivity contribution is 7.95. The van der Waals surface area contributed by atoms with Gasteiger partial charge in [0, 0.05) is 6.42 Å². The standard InChI is InChI=1S/C16H23N2OS2.HI/c1-18(2,3)13-8-12-17-21(19,16-11-7-14-20-16)15-9-5-4-6-10-15;/h4-7,9-11,14H,8,12-13H2,1-3H3;1H/q+1;/p-1. The zero-order valence-corrected chi connectivity index (χ0v) is 17.0. The smallest absolute Gasteiger partial charge is 0.113 e. The highest BCUT2D eigenvalue weighted by Gasteiger charge is 2.16. The van der Waals surface area contributed by atoms with Crippen LogP contribution in [-0.2, 0) is 9.73 Å². The first-order chi connectivity index (χ1) is 9.92. The third kappa shape index (κ3) is 5.33. The van der Waals surface area contributed by atoms with E-state index in [-0.39, 0.29) is 24.0 Å². The number of benzene rings is 1. The van der Waals surface area contributed by atoms with Crippen molar-refractivity contribution >= 4 is 21.1 Å². The topological polar surface area (TPSA) is 29.4 Å². The van der Waals surface area contributed by atoms with Crippen molar-refractivity contribution in [3.63, 3.8) is 0 Å². The summed E-state index contributed by atoms with van der Waals surface area (Å²) >= 11 is 1.52. The molecule has 0 aliphatic carbocycles. The maximum absolute atomic E-state index is 13.4. The predicted molar refractivity (Wildman–Crippen MR) is 90.2 cm³/mol. The van der Waals surface area contributed by atoms with Crippen LogP contribution in [0, 0.1) is 0 Å². The lowest BCUT2D eigenvalue weighted by Gasteiger charge is -2.23. The molecule has 0 fully saturated rings. The molecule has 0 amide bonds. The summed E-state index contributed by atoms with van der Waals surface area (Å²) in [6.07, 6.45) is 0.943. The number of quaternary nitrogens is 1. The monoisotopic (exact) mass is 450 g/mol. The van der Waals surface area contributed by atoms with Crippen LogP contribution in [0.25, 0.3) is 0 Å². The lowest BCUT2D eigenvalue weighted by Crippen LogP contribution is -3.00. The summed E-state index contributed by atoms with van der Waals surface area (Å²) in [5, 5.41) is 1.96. The van der Waals surface area contributed by atoms with Gasteiger partial charge in [0.15, 0.2) is 0 Å². The average Bonchev–Trinajstić information content (AvgIpc) is 2.98. The second-order valence-corrected chi connectivity index (χ2v) is 9.42. The Morgan fingerprint density at radius 1 is 1.09 bits per heavy atom. The third-order valence-electron chi connectivity index (χ3n) is 3.09. The molecule has 1 heterocycles. The van der Waals surface area contributed by atoms with E-state index in [0.29, 0.717) is 6.54 Å². The van der Waals surface area contributed by atoms with Gasteiger partial charge in [-0.3, -0.25) is 0 Å². The van der Waals surface area contributed by atoms with Crippen molar-refractivity contribution in [2.45, 2.75) is 15.5 Å². The highest BCUT2D eigenvalue weighted by atomic mass is 127. The van der Waals surface area contributed by atoms with E-state index < -0.39 is 9.73 Å². The zero-order chi connectivity index (χ0) is 15.3. The minimum atomic E-state index is -2.48. The largest absolute Gasteiger partial charge is 1.00 e. The summed E-state index contributed by atoms with van der Waals surface area (Å²) in [6, 6.07) is 13.5. The normalized spacial score (nSPS) is 14.0. The molecule has 0 spiro atoms. The molecule has 1 atom stereocenters. The minimum absolute atomic E-state index is 0. The molecule has 0 aliphatic rings. The molecule has 22 heavy (non-hydrogen) atoms. The molecule has 2 aromatic rings. The molecule has 0 saturated heterocycles. The Bertz CT molecular complexity index is 670. The lowest BCUT2D eigenvalue weighted by molar-refractivity contribution is -0.870. The number of rotatable bonds is 6. The van der Waals surface area contributed by atoms with E-state index in [1.807, 2.05) is 47.8 Å². The molecule has 6 heteroatoms. The highest BCUT2D eigenvalue weighted by Crippen LogP contribution is 2.27. The van der Waals surface area contributed by atoms with Crippen LogP contribution < -0.4 is 24.0 Å². The Balaban J connectivity index is 0.00000242. The number of nitrogens with zero attached hydrogens (tertiary/aromatic N) is 2. The molecular weight excluding hydrogens is 427 g/mol. The van der Waals surface area contributed by atoms with Gasteiger partial charge in [-0.1, -0.05) is 24.3 Å². The van der Waals surface area contributed by atoms with E-state index in [9.17, 15) is 4.21 Å². The molecule has 0 bridgehead atoms. The van der Waals surface area contributed by atoms with Crippen molar-refractivity contribution in [3.05, 3.63) is 47.8 Å². The van der Waals surface area contributed by atoms with Crippen LogP contribution in [0.5, 0.6) is 0 Å². The first-order valence-electron chi connectivity index (χ1n) is 7.04. The van der Waals surface area contributed by atoms with Gasteiger partial charge < -0.3 is 28.5 Å². The maximum Gasteiger partial charge on any atom is 0.113 e. The van der Waals surface area contributed by atoms with Crippen LogP contribution in [0.15, 0.2) is 61.3 Å². The SMILES string of the molecule is C[N+](C)(C)CCCN=S(=O)(c1ccccc1)c1cccs1.[I-]. The predicted octanol–water partition coefficient (Wildman–Crippen LogP) is 0.734. The van der Waals surface area contributed by atoms with Gasteiger partial charge in [-0.15, -0.1) is 11.3 Å². The number of hydrogen-bond acceptors (Lipinski definition) is 3. The number of halogens is 1. The Labute approximate surface area is 155 Å². The maximum atomic E-state index is 13.4. The van der Waals surface area contributed by atoms with E-state index in [4.69, 9.17) is 0 Å². The Kier molecular flexibility index (Phi) is 7.51. The molecule has 122 valence electrons. The van der Waals surface area contributed by atoms with Crippen molar-refractivity contribution < 1.29 is 32.7 Å². The molecule has 1 aromatic heterocycles. The Morgan fingerprint density at radius 3 is 2.32 bits per heavy atom. The van der Waals surface area contributed by atoms with Crippen LogP contribution in [0.1, 0.15) is 6.42 Å². The summed E-state index contributed by atoms with van der Waals surface area (Å²) in [4.78, 5) is 0.803. The molecule has 2 rings (SSSR count). The molecule has 1 aromatic carbocycles. The molecule has 3 nitrogen and oxygen atoms in total. The lowest BCUT2D eigenvalue weighted by atomic mass is 10.4. The van der Waals surface area contributed by atoms with Gasteiger partial charge in [-0.2, -0.15) is 0 Å². The van der Waals surface area contributed by atoms with Crippen molar-refractivity contribution in [1.29, 1.82) is 0 Å². The quantitative estimate of drug-likeness (QED) is 0.363. The summed E-state index contributed by atoms with van der Waals surface area (Å²) in [7, 11) is 4.00. The van der Waals surface area contributed by atoms with E-state index in [1.165, 1.54) is 11.3 Å². The first kappa shape index (κ1) is 19.6. The van der Waals surface area contributed by atoms with Gasteiger partial charge in [0.05, 0.1) is 39.1 Å². The summed E-state index contributed by atoms with van der Waals surface area (Å²) < 4.78 is 19.8. The summed E-state index contributed by atoms with van der Waals surface area (Å²) in [6.45, 7) is 1.65. The molecular formula is C16H23IN2OS2. The Hall–Kier alpha value is -0.440. The fourth-order valence-corrected chi connectivity index (χ4v) is 5.29. The van der Waals surface area contributed by atoms with E-state index in [1.54, 1.807) is 0 Å². The second-order valence-electron chi connectivity index (χ2n) is 5.99. The van der Waals surface area contributed by atoms with Crippen LogP contribution in [0.2, 0.25) is 0 Å². The fraction of sp³-hybridized carbons (Fsp3) is 0.375. The third-order valence-corrected chi connectivity index (χ3v) is 6.86. The number of hydrogen-bond donors (Lipinski definition) is 0. The second kappa shape index (κ2) is 8.42. The van der Waals surface area contributed by atoms with Crippen LogP contribution >= 0.6 is 11.3 Å². The Morgan fingerprint density at radius 2 is 1.77 bits per heavy atom. The molecule has 0 saturated carbocycles. The summed E-state index contributed by atoms with van der Waals surface area (Å²) in [5.41, 5.74) is 0.